The zero-order chi connectivity index (χ0) is 12.3. The number of hydrogen-bond donors (Lipinski definition) is 1. The minimum atomic E-state index is -0.0405. The molecule has 0 saturated carbocycles. The van der Waals surface area contributed by atoms with Gasteiger partial charge in [0.2, 0.25) is 0 Å². The lowest BCUT2D eigenvalue weighted by atomic mass is 9.91. The second-order valence-electron chi connectivity index (χ2n) is 5.86. The second-order valence-corrected chi connectivity index (χ2v) is 5.86. The van der Waals surface area contributed by atoms with Gasteiger partial charge in [-0.3, -0.25) is 4.90 Å². The molecule has 0 spiro atoms. The summed E-state index contributed by atoms with van der Waals surface area (Å²) in [6.07, 6.45) is 2.43. The molecule has 0 bridgehead atoms. The minimum Gasteiger partial charge on any atom is -0.381 e. The van der Waals surface area contributed by atoms with Gasteiger partial charge in [0, 0.05) is 32.3 Å². The van der Waals surface area contributed by atoms with Gasteiger partial charge in [-0.25, -0.2) is 0 Å². The van der Waals surface area contributed by atoms with Gasteiger partial charge in [-0.05, 0) is 32.6 Å². The molecule has 4 nitrogen and oxygen atoms in total. The van der Waals surface area contributed by atoms with Crippen LogP contribution in [0, 0.1) is 5.92 Å². The highest BCUT2D eigenvalue weighted by molar-refractivity contribution is 4.88. The molecule has 2 fully saturated rings. The molecule has 2 heterocycles. The van der Waals surface area contributed by atoms with Crippen LogP contribution >= 0.6 is 0 Å². The van der Waals surface area contributed by atoms with Gasteiger partial charge < -0.3 is 15.2 Å². The summed E-state index contributed by atoms with van der Waals surface area (Å²) in [6.45, 7) is 9.63. The molecule has 2 rings (SSSR count). The van der Waals surface area contributed by atoms with Crippen molar-refractivity contribution in [3.63, 3.8) is 0 Å². The van der Waals surface area contributed by atoms with E-state index in [0.717, 1.165) is 39.5 Å². The van der Waals surface area contributed by atoms with E-state index in [2.05, 4.69) is 18.7 Å². The van der Waals surface area contributed by atoms with Crippen molar-refractivity contribution in [1.82, 2.24) is 4.90 Å². The van der Waals surface area contributed by atoms with E-state index >= 15 is 0 Å². The van der Waals surface area contributed by atoms with E-state index in [1.54, 1.807) is 0 Å². The fourth-order valence-electron chi connectivity index (χ4n) is 3.04. The van der Waals surface area contributed by atoms with Crippen LogP contribution in [0.1, 0.15) is 26.7 Å². The molecule has 2 atom stereocenters. The monoisotopic (exact) mass is 242 g/mol. The van der Waals surface area contributed by atoms with Crippen molar-refractivity contribution in [3.05, 3.63) is 0 Å². The van der Waals surface area contributed by atoms with Crippen molar-refractivity contribution in [3.8, 4) is 0 Å². The van der Waals surface area contributed by atoms with E-state index in [9.17, 15) is 0 Å². The summed E-state index contributed by atoms with van der Waals surface area (Å²) < 4.78 is 11.4. The molecule has 0 aromatic heterocycles. The van der Waals surface area contributed by atoms with Gasteiger partial charge >= 0.3 is 0 Å². The van der Waals surface area contributed by atoms with E-state index in [1.165, 1.54) is 12.8 Å². The average Bonchev–Trinajstić information content (AvgIpc) is 2.30. The molecule has 2 aliphatic rings. The molecular weight excluding hydrogens is 216 g/mol. The Hall–Kier alpha value is -0.160. The summed E-state index contributed by atoms with van der Waals surface area (Å²) in [5.74, 6) is 0.600. The molecule has 2 N–H and O–H groups in total. The molecule has 100 valence electrons. The van der Waals surface area contributed by atoms with Crippen molar-refractivity contribution in [2.75, 3.05) is 39.5 Å². The first-order valence-electron chi connectivity index (χ1n) is 6.78. The summed E-state index contributed by atoms with van der Waals surface area (Å²) >= 11 is 0. The van der Waals surface area contributed by atoms with Crippen LogP contribution < -0.4 is 5.73 Å². The van der Waals surface area contributed by atoms with Gasteiger partial charge in [-0.2, -0.15) is 0 Å². The molecule has 0 radical (unpaired) electrons. The van der Waals surface area contributed by atoms with Crippen LogP contribution in [0.15, 0.2) is 0 Å². The highest BCUT2D eigenvalue weighted by Crippen LogP contribution is 2.25. The third-order valence-corrected chi connectivity index (χ3v) is 3.91. The van der Waals surface area contributed by atoms with E-state index in [0.29, 0.717) is 12.0 Å². The van der Waals surface area contributed by atoms with Crippen molar-refractivity contribution in [2.45, 2.75) is 38.3 Å². The Balaban J connectivity index is 1.96. The number of morpholine rings is 1. The van der Waals surface area contributed by atoms with Gasteiger partial charge in [-0.15, -0.1) is 0 Å². The zero-order valence-electron chi connectivity index (χ0n) is 11.2. The fourth-order valence-corrected chi connectivity index (χ4v) is 3.04. The van der Waals surface area contributed by atoms with Crippen LogP contribution in [-0.2, 0) is 9.47 Å². The quantitative estimate of drug-likeness (QED) is 0.797. The summed E-state index contributed by atoms with van der Waals surface area (Å²) in [5.41, 5.74) is 5.94. The number of rotatable bonds is 3. The van der Waals surface area contributed by atoms with Crippen LogP contribution in [0.4, 0.5) is 0 Å². The Kier molecular flexibility index (Phi) is 4.42. The Morgan fingerprint density at radius 3 is 2.82 bits per heavy atom. The van der Waals surface area contributed by atoms with Gasteiger partial charge in [-0.1, -0.05) is 0 Å². The molecule has 17 heavy (non-hydrogen) atoms. The van der Waals surface area contributed by atoms with Crippen LogP contribution in [0.25, 0.3) is 0 Å². The SMILES string of the molecule is CC1(C)CN(C(CN)C2CCCOC2)CCO1. The molecule has 2 saturated heterocycles. The van der Waals surface area contributed by atoms with Gasteiger partial charge in [0.1, 0.15) is 0 Å². The van der Waals surface area contributed by atoms with E-state index < -0.39 is 0 Å². The predicted octanol–water partition coefficient (Wildman–Crippen LogP) is 0.851. The summed E-state index contributed by atoms with van der Waals surface area (Å²) in [5, 5.41) is 0. The maximum absolute atomic E-state index is 5.98. The summed E-state index contributed by atoms with van der Waals surface area (Å²) in [4.78, 5) is 2.50. The topological polar surface area (TPSA) is 47.7 Å². The van der Waals surface area contributed by atoms with Crippen molar-refractivity contribution in [2.24, 2.45) is 11.7 Å². The standard InChI is InChI=1S/C13H26N2O2/c1-13(2)10-15(5-7-17-13)12(8-14)11-4-3-6-16-9-11/h11-12H,3-10,14H2,1-2H3. The molecule has 0 amide bonds. The van der Waals surface area contributed by atoms with Crippen molar-refractivity contribution >= 4 is 0 Å². The number of hydrogen-bond acceptors (Lipinski definition) is 4. The molecule has 0 aromatic carbocycles. The van der Waals surface area contributed by atoms with Crippen LogP contribution in [-0.4, -0.2) is 56.0 Å². The lowest BCUT2D eigenvalue weighted by molar-refractivity contribution is -0.109. The molecule has 2 unspecified atom stereocenters. The predicted molar refractivity (Wildman–Crippen MR) is 68.0 cm³/mol. The highest BCUT2D eigenvalue weighted by Gasteiger charge is 2.34. The Labute approximate surface area is 104 Å². The van der Waals surface area contributed by atoms with Gasteiger partial charge in [0.25, 0.3) is 0 Å². The largest absolute Gasteiger partial charge is 0.381 e. The van der Waals surface area contributed by atoms with Crippen LogP contribution in [0.2, 0.25) is 0 Å². The third kappa shape index (κ3) is 3.41. The summed E-state index contributed by atoms with van der Waals surface area (Å²) in [6, 6.07) is 0.457. The first-order valence-corrected chi connectivity index (χ1v) is 6.78. The maximum atomic E-state index is 5.98. The zero-order valence-corrected chi connectivity index (χ0v) is 11.2. The number of ether oxygens (including phenoxy) is 2. The van der Waals surface area contributed by atoms with Crippen LogP contribution in [0.5, 0.6) is 0 Å². The first kappa shape index (κ1) is 13.3. The Morgan fingerprint density at radius 2 is 2.24 bits per heavy atom. The van der Waals surface area contributed by atoms with Crippen LogP contribution in [0.3, 0.4) is 0 Å². The smallest absolute Gasteiger partial charge is 0.0753 e. The van der Waals surface area contributed by atoms with Crippen molar-refractivity contribution < 1.29 is 9.47 Å². The van der Waals surface area contributed by atoms with E-state index in [4.69, 9.17) is 15.2 Å². The Morgan fingerprint density at radius 1 is 1.41 bits per heavy atom. The summed E-state index contributed by atoms with van der Waals surface area (Å²) in [7, 11) is 0. The molecule has 2 aliphatic heterocycles. The number of nitrogens with two attached hydrogens (primary N) is 1. The maximum Gasteiger partial charge on any atom is 0.0753 e. The molecular formula is C13H26N2O2. The lowest BCUT2D eigenvalue weighted by Crippen LogP contribution is -2.57. The highest BCUT2D eigenvalue weighted by atomic mass is 16.5. The van der Waals surface area contributed by atoms with Gasteiger partial charge in [0.05, 0.1) is 18.8 Å². The second kappa shape index (κ2) is 5.65. The van der Waals surface area contributed by atoms with Crippen molar-refractivity contribution in [1.29, 1.82) is 0 Å². The number of nitrogens with zero attached hydrogens (tertiary/aromatic N) is 1. The average molecular weight is 242 g/mol. The normalized spacial score (nSPS) is 32.3. The van der Waals surface area contributed by atoms with E-state index in [-0.39, 0.29) is 5.60 Å². The fraction of sp³-hybridized carbons (Fsp3) is 1.00. The lowest BCUT2D eigenvalue weighted by Gasteiger charge is -2.45. The first-order chi connectivity index (χ1) is 8.12. The molecule has 4 heteroatoms. The Bertz CT molecular complexity index is 240. The third-order valence-electron chi connectivity index (χ3n) is 3.91. The van der Waals surface area contributed by atoms with E-state index in [1.807, 2.05) is 0 Å². The van der Waals surface area contributed by atoms with Gasteiger partial charge in [0.15, 0.2) is 0 Å². The molecule has 0 aliphatic carbocycles. The minimum absolute atomic E-state index is 0.0405. The molecule has 0 aromatic rings.